The fourth-order valence-corrected chi connectivity index (χ4v) is 3.95. The van der Waals surface area contributed by atoms with E-state index in [1.54, 1.807) is 12.4 Å². The van der Waals surface area contributed by atoms with Gasteiger partial charge in [-0.25, -0.2) is 4.98 Å². The third-order valence-electron chi connectivity index (χ3n) is 5.43. The molecule has 2 aromatic heterocycles. The average Bonchev–Trinajstić information content (AvgIpc) is 3.14. The van der Waals surface area contributed by atoms with Crippen molar-refractivity contribution < 1.29 is 0 Å². The summed E-state index contributed by atoms with van der Waals surface area (Å²) in [5.41, 5.74) is 5.68. The summed E-state index contributed by atoms with van der Waals surface area (Å²) in [6.07, 6.45) is 4.61. The fraction of sp³-hybridized carbons (Fsp3) is 0.160. The van der Waals surface area contributed by atoms with E-state index < -0.39 is 0 Å². The molecule has 0 saturated carbocycles. The topological polar surface area (TPSA) is 53.9 Å². The summed E-state index contributed by atoms with van der Waals surface area (Å²) in [5, 5.41) is 3.47. The summed E-state index contributed by atoms with van der Waals surface area (Å²) in [6, 6.07) is 25.1. The molecule has 1 atom stereocenters. The number of fused-ring (bicyclic) bond motifs is 1. The summed E-state index contributed by atoms with van der Waals surface area (Å²) < 4.78 is 0. The molecule has 5 rings (SSSR count). The molecule has 2 aromatic carbocycles. The van der Waals surface area contributed by atoms with Crippen molar-refractivity contribution in [3.05, 3.63) is 96.3 Å². The second-order valence-electron chi connectivity index (χ2n) is 7.57. The standard InChI is InChI=1S/C25H23N5/c1-18-15-21-9-5-6-10-23(21)30(18)25-28-22(20-7-3-2-4-8-20)16-24(29-25)27-17-19-11-13-26-14-12-19/h2-14,16,18H,15,17H2,1H3,(H,27,28,29). The van der Waals surface area contributed by atoms with Crippen molar-refractivity contribution in [2.75, 3.05) is 10.2 Å². The van der Waals surface area contributed by atoms with Gasteiger partial charge in [0.25, 0.3) is 0 Å². The van der Waals surface area contributed by atoms with Crippen molar-refractivity contribution >= 4 is 17.5 Å². The molecule has 0 radical (unpaired) electrons. The number of aromatic nitrogens is 3. The highest BCUT2D eigenvalue weighted by Crippen LogP contribution is 2.37. The van der Waals surface area contributed by atoms with E-state index in [9.17, 15) is 0 Å². The third kappa shape index (κ3) is 3.62. The maximum atomic E-state index is 4.95. The van der Waals surface area contributed by atoms with Gasteiger partial charge in [0.2, 0.25) is 5.95 Å². The minimum atomic E-state index is 0.307. The van der Waals surface area contributed by atoms with Crippen LogP contribution in [-0.4, -0.2) is 21.0 Å². The Labute approximate surface area is 176 Å². The molecule has 0 bridgehead atoms. The number of benzene rings is 2. The van der Waals surface area contributed by atoms with E-state index in [0.717, 1.165) is 35.0 Å². The van der Waals surface area contributed by atoms with Crippen molar-refractivity contribution in [2.45, 2.75) is 25.9 Å². The lowest BCUT2D eigenvalue weighted by atomic mass is 10.1. The highest BCUT2D eigenvalue weighted by molar-refractivity contribution is 5.71. The van der Waals surface area contributed by atoms with Crippen LogP contribution in [0.15, 0.2) is 85.2 Å². The lowest BCUT2D eigenvalue weighted by Gasteiger charge is -2.24. The van der Waals surface area contributed by atoms with Gasteiger partial charge in [0.1, 0.15) is 5.82 Å². The van der Waals surface area contributed by atoms with Crippen LogP contribution in [0.1, 0.15) is 18.1 Å². The molecule has 4 aromatic rings. The second-order valence-corrected chi connectivity index (χ2v) is 7.57. The van der Waals surface area contributed by atoms with Gasteiger partial charge in [0.05, 0.1) is 5.69 Å². The zero-order chi connectivity index (χ0) is 20.3. The van der Waals surface area contributed by atoms with Gasteiger partial charge < -0.3 is 10.2 Å². The second kappa shape index (κ2) is 7.95. The molecule has 1 N–H and O–H groups in total. The van der Waals surface area contributed by atoms with E-state index in [1.165, 1.54) is 11.3 Å². The van der Waals surface area contributed by atoms with Crippen molar-refractivity contribution in [1.82, 2.24) is 15.0 Å². The van der Waals surface area contributed by atoms with Crippen molar-refractivity contribution in [1.29, 1.82) is 0 Å². The average molecular weight is 393 g/mol. The number of nitrogens with zero attached hydrogens (tertiary/aromatic N) is 4. The summed E-state index contributed by atoms with van der Waals surface area (Å²) >= 11 is 0. The number of para-hydroxylation sites is 1. The van der Waals surface area contributed by atoms with Gasteiger partial charge in [-0.15, -0.1) is 0 Å². The molecule has 1 aliphatic heterocycles. The zero-order valence-corrected chi connectivity index (χ0v) is 16.9. The highest BCUT2D eigenvalue weighted by atomic mass is 15.3. The molecule has 0 fully saturated rings. The smallest absolute Gasteiger partial charge is 0.232 e. The predicted octanol–water partition coefficient (Wildman–Crippen LogP) is 5.23. The molecule has 1 unspecified atom stereocenters. The van der Waals surface area contributed by atoms with Crippen LogP contribution in [0.3, 0.4) is 0 Å². The highest BCUT2D eigenvalue weighted by Gasteiger charge is 2.29. The van der Waals surface area contributed by atoms with Crippen molar-refractivity contribution in [3.8, 4) is 11.3 Å². The monoisotopic (exact) mass is 393 g/mol. The van der Waals surface area contributed by atoms with Crippen molar-refractivity contribution in [3.63, 3.8) is 0 Å². The van der Waals surface area contributed by atoms with Crippen LogP contribution in [0.4, 0.5) is 17.5 Å². The molecule has 0 amide bonds. The Morgan fingerprint density at radius 1 is 0.933 bits per heavy atom. The summed E-state index contributed by atoms with van der Waals surface area (Å²) in [4.78, 5) is 16.2. The Hall–Kier alpha value is -3.73. The Balaban J connectivity index is 1.55. The van der Waals surface area contributed by atoms with E-state index in [2.05, 4.69) is 58.5 Å². The van der Waals surface area contributed by atoms with E-state index in [-0.39, 0.29) is 0 Å². The van der Waals surface area contributed by atoms with Gasteiger partial charge in [-0.05, 0) is 42.7 Å². The number of nitrogens with one attached hydrogen (secondary N) is 1. The van der Waals surface area contributed by atoms with Crippen LogP contribution in [0.5, 0.6) is 0 Å². The minimum Gasteiger partial charge on any atom is -0.366 e. The SMILES string of the molecule is CC1Cc2ccccc2N1c1nc(NCc2ccncc2)cc(-c2ccccc2)n1. The van der Waals surface area contributed by atoms with Crippen LogP contribution in [0.2, 0.25) is 0 Å². The first-order chi connectivity index (χ1) is 14.8. The van der Waals surface area contributed by atoms with Crippen LogP contribution in [-0.2, 0) is 13.0 Å². The van der Waals surface area contributed by atoms with E-state index in [0.29, 0.717) is 12.6 Å². The molecule has 5 nitrogen and oxygen atoms in total. The lowest BCUT2D eigenvalue weighted by Crippen LogP contribution is -2.26. The number of hydrogen-bond donors (Lipinski definition) is 1. The Bertz CT molecular complexity index is 1140. The van der Waals surface area contributed by atoms with Gasteiger partial charge in [0, 0.05) is 42.3 Å². The molecular weight excluding hydrogens is 370 g/mol. The minimum absolute atomic E-state index is 0.307. The van der Waals surface area contributed by atoms with E-state index in [1.807, 2.05) is 36.4 Å². The van der Waals surface area contributed by atoms with Gasteiger partial charge in [-0.2, -0.15) is 4.98 Å². The molecule has 1 aliphatic rings. The van der Waals surface area contributed by atoms with Gasteiger partial charge in [-0.1, -0.05) is 48.5 Å². The summed E-state index contributed by atoms with van der Waals surface area (Å²) in [5.74, 6) is 1.54. The number of pyridine rings is 1. The van der Waals surface area contributed by atoms with Gasteiger partial charge >= 0.3 is 0 Å². The molecule has 30 heavy (non-hydrogen) atoms. The Kier molecular flexibility index (Phi) is 4.85. The largest absolute Gasteiger partial charge is 0.366 e. The number of anilines is 3. The molecule has 148 valence electrons. The maximum Gasteiger partial charge on any atom is 0.232 e. The summed E-state index contributed by atoms with van der Waals surface area (Å²) in [7, 11) is 0. The van der Waals surface area contributed by atoms with E-state index in [4.69, 9.17) is 9.97 Å². The number of hydrogen-bond acceptors (Lipinski definition) is 5. The Morgan fingerprint density at radius 2 is 1.70 bits per heavy atom. The molecule has 0 aliphatic carbocycles. The first-order valence-corrected chi connectivity index (χ1v) is 10.2. The van der Waals surface area contributed by atoms with Gasteiger partial charge in [0.15, 0.2) is 0 Å². The quantitative estimate of drug-likeness (QED) is 0.503. The van der Waals surface area contributed by atoms with Crippen LogP contribution < -0.4 is 10.2 Å². The van der Waals surface area contributed by atoms with Crippen molar-refractivity contribution in [2.24, 2.45) is 0 Å². The molecule has 3 heterocycles. The molecule has 0 spiro atoms. The molecular formula is C25H23N5. The predicted molar refractivity (Wildman–Crippen MR) is 121 cm³/mol. The first-order valence-electron chi connectivity index (χ1n) is 10.2. The maximum absolute atomic E-state index is 4.95. The fourth-order valence-electron chi connectivity index (χ4n) is 3.95. The summed E-state index contributed by atoms with van der Waals surface area (Å²) in [6.45, 7) is 2.90. The first kappa shape index (κ1) is 18.3. The van der Waals surface area contributed by atoms with Crippen LogP contribution in [0.25, 0.3) is 11.3 Å². The number of rotatable bonds is 5. The zero-order valence-electron chi connectivity index (χ0n) is 16.9. The Morgan fingerprint density at radius 3 is 2.53 bits per heavy atom. The van der Waals surface area contributed by atoms with Gasteiger partial charge in [-0.3, -0.25) is 4.98 Å². The van der Waals surface area contributed by atoms with Crippen LogP contribution in [0, 0.1) is 0 Å². The molecule has 0 saturated heterocycles. The lowest BCUT2D eigenvalue weighted by molar-refractivity contribution is 0.740. The normalized spacial score (nSPS) is 15.1. The molecule has 5 heteroatoms. The third-order valence-corrected chi connectivity index (χ3v) is 5.43. The van der Waals surface area contributed by atoms with E-state index >= 15 is 0 Å². The van der Waals surface area contributed by atoms with Crippen LogP contribution >= 0.6 is 0 Å².